The van der Waals surface area contributed by atoms with E-state index in [2.05, 4.69) is 43.5 Å². The minimum Gasteiger partial charge on any atom is -0.466 e. The van der Waals surface area contributed by atoms with Crippen LogP contribution >= 0.6 is 0 Å². The highest BCUT2D eigenvalue weighted by Crippen LogP contribution is 2.19. The first-order valence-electron chi connectivity index (χ1n) is 37.3. The summed E-state index contributed by atoms with van der Waals surface area (Å²) in [6.07, 6.45) is 92.5. The van der Waals surface area contributed by atoms with Crippen molar-refractivity contribution in [2.75, 3.05) is 13.2 Å². The van der Waals surface area contributed by atoms with E-state index in [4.69, 9.17) is 4.74 Å². The number of rotatable bonds is 70. The van der Waals surface area contributed by atoms with Crippen molar-refractivity contribution in [2.24, 2.45) is 0 Å². The molecule has 0 rings (SSSR count). The zero-order valence-electron chi connectivity index (χ0n) is 55.5. The van der Waals surface area contributed by atoms with E-state index in [9.17, 15) is 19.8 Å². The predicted molar refractivity (Wildman–Crippen MR) is 361 cm³/mol. The number of ether oxygens (including phenoxy) is 1. The molecule has 0 aliphatic rings. The van der Waals surface area contributed by atoms with E-state index < -0.39 is 12.1 Å². The Hall–Kier alpha value is -1.92. The van der Waals surface area contributed by atoms with Gasteiger partial charge in [-0.05, 0) is 64.2 Å². The van der Waals surface area contributed by atoms with Gasteiger partial charge in [-0.2, -0.15) is 0 Å². The number of esters is 1. The van der Waals surface area contributed by atoms with Gasteiger partial charge in [-0.15, -0.1) is 0 Å². The minimum absolute atomic E-state index is 0.0197. The van der Waals surface area contributed by atoms with Gasteiger partial charge >= 0.3 is 5.97 Å². The van der Waals surface area contributed by atoms with Crippen molar-refractivity contribution >= 4 is 11.9 Å². The van der Waals surface area contributed by atoms with E-state index in [-0.39, 0.29) is 18.5 Å². The molecule has 3 N–H and O–H groups in total. The Labute approximate surface area is 513 Å². The average molecular weight is 1150 g/mol. The minimum atomic E-state index is -0.843. The van der Waals surface area contributed by atoms with E-state index in [1.54, 1.807) is 6.08 Å². The first-order valence-corrected chi connectivity index (χ1v) is 37.3. The van der Waals surface area contributed by atoms with Gasteiger partial charge in [0.05, 0.1) is 25.4 Å². The lowest BCUT2D eigenvalue weighted by Crippen LogP contribution is -2.45. The lowest BCUT2D eigenvalue weighted by molar-refractivity contribution is -0.143. The van der Waals surface area contributed by atoms with Crippen LogP contribution < -0.4 is 5.32 Å². The van der Waals surface area contributed by atoms with E-state index in [1.165, 1.54) is 340 Å². The van der Waals surface area contributed by atoms with E-state index in [0.29, 0.717) is 19.4 Å². The standard InChI is InChI=1S/C76H145NO5/c1-3-5-7-9-11-13-15-17-18-42-45-48-52-56-60-64-68-74(79)73(72-78)77-75(80)69-65-61-57-53-49-46-43-40-38-36-34-32-30-28-26-24-22-20-19-21-23-25-27-29-31-33-35-37-39-41-44-47-51-55-59-63-67-71-82-76(81)70-66-62-58-54-50-16-14-12-10-8-6-4-2/h19,21,25,27,64,68,73-74,78-79H,3-18,20,22-24,26,28-63,65-67,69-72H2,1-2H3,(H,77,80)/b21-19-,27-25-,68-64+. The summed E-state index contributed by atoms with van der Waals surface area (Å²) in [7, 11) is 0. The Kier molecular flexibility index (Phi) is 69.9. The number of amides is 1. The third-order valence-electron chi connectivity index (χ3n) is 17.4. The van der Waals surface area contributed by atoms with E-state index >= 15 is 0 Å². The number of unbranched alkanes of at least 4 members (excludes halogenated alkanes) is 55. The van der Waals surface area contributed by atoms with Crippen molar-refractivity contribution in [3.8, 4) is 0 Å². The van der Waals surface area contributed by atoms with Crippen LogP contribution in [0, 0.1) is 0 Å². The molecule has 0 bridgehead atoms. The molecule has 0 saturated heterocycles. The zero-order chi connectivity index (χ0) is 59.2. The van der Waals surface area contributed by atoms with Crippen molar-refractivity contribution in [1.29, 1.82) is 0 Å². The van der Waals surface area contributed by atoms with E-state index in [1.807, 2.05) is 6.08 Å². The molecule has 0 fully saturated rings. The molecule has 0 aliphatic heterocycles. The highest BCUT2D eigenvalue weighted by Gasteiger charge is 2.18. The number of nitrogens with one attached hydrogen (secondary N) is 1. The van der Waals surface area contributed by atoms with Crippen LogP contribution in [0.25, 0.3) is 0 Å². The summed E-state index contributed by atoms with van der Waals surface area (Å²) in [5.74, 6) is -0.0428. The normalized spacial score (nSPS) is 12.7. The Morgan fingerprint density at radius 3 is 0.927 bits per heavy atom. The van der Waals surface area contributed by atoms with Gasteiger partial charge in [0.2, 0.25) is 5.91 Å². The second-order valence-electron chi connectivity index (χ2n) is 25.6. The van der Waals surface area contributed by atoms with Crippen molar-refractivity contribution in [1.82, 2.24) is 5.32 Å². The Morgan fingerprint density at radius 1 is 0.341 bits per heavy atom. The maximum atomic E-state index is 12.5. The Morgan fingerprint density at radius 2 is 0.610 bits per heavy atom. The van der Waals surface area contributed by atoms with Crippen LogP contribution in [-0.2, 0) is 14.3 Å². The van der Waals surface area contributed by atoms with Gasteiger partial charge in [-0.1, -0.05) is 371 Å². The molecule has 6 nitrogen and oxygen atoms in total. The monoisotopic (exact) mass is 1150 g/mol. The average Bonchev–Trinajstić information content (AvgIpc) is 3.48. The number of hydrogen-bond acceptors (Lipinski definition) is 5. The smallest absolute Gasteiger partial charge is 0.305 e. The molecule has 6 heteroatoms. The lowest BCUT2D eigenvalue weighted by atomic mass is 10.0. The zero-order valence-corrected chi connectivity index (χ0v) is 55.5. The molecule has 2 unspecified atom stereocenters. The third-order valence-corrected chi connectivity index (χ3v) is 17.4. The second kappa shape index (κ2) is 71.6. The Bertz CT molecular complexity index is 1330. The van der Waals surface area contributed by atoms with Crippen LogP contribution in [0.1, 0.15) is 412 Å². The summed E-state index contributed by atoms with van der Waals surface area (Å²) in [6, 6.07) is -0.626. The highest BCUT2D eigenvalue weighted by atomic mass is 16.5. The Balaban J connectivity index is 3.37. The summed E-state index contributed by atoms with van der Waals surface area (Å²) < 4.78 is 5.48. The van der Waals surface area contributed by atoms with Gasteiger partial charge in [0.15, 0.2) is 0 Å². The topological polar surface area (TPSA) is 95.9 Å². The summed E-state index contributed by atoms with van der Waals surface area (Å²) in [4.78, 5) is 24.5. The number of hydrogen-bond donors (Lipinski definition) is 3. The van der Waals surface area contributed by atoms with Gasteiger partial charge in [0.25, 0.3) is 0 Å². The van der Waals surface area contributed by atoms with E-state index in [0.717, 1.165) is 44.9 Å². The predicted octanol–water partition coefficient (Wildman–Crippen LogP) is 24.3. The second-order valence-corrected chi connectivity index (χ2v) is 25.6. The molecule has 1 amide bonds. The first kappa shape index (κ1) is 80.1. The molecule has 2 atom stereocenters. The molecule has 0 heterocycles. The van der Waals surface area contributed by atoms with Crippen LogP contribution in [0.4, 0.5) is 0 Å². The van der Waals surface area contributed by atoms with Crippen LogP contribution in [0.2, 0.25) is 0 Å². The summed E-state index contributed by atoms with van der Waals surface area (Å²) in [5, 5.41) is 23.2. The molecule has 0 spiro atoms. The highest BCUT2D eigenvalue weighted by molar-refractivity contribution is 5.76. The number of carbonyl (C=O) groups excluding carboxylic acids is 2. The fourth-order valence-corrected chi connectivity index (χ4v) is 11.7. The van der Waals surface area contributed by atoms with Crippen LogP contribution in [-0.4, -0.2) is 47.4 Å². The van der Waals surface area contributed by atoms with Gasteiger partial charge in [0.1, 0.15) is 0 Å². The van der Waals surface area contributed by atoms with Crippen LogP contribution in [0.5, 0.6) is 0 Å². The largest absolute Gasteiger partial charge is 0.466 e. The molecule has 0 radical (unpaired) electrons. The molecular formula is C76H145NO5. The summed E-state index contributed by atoms with van der Waals surface area (Å²) in [6.45, 7) is 4.94. The number of aliphatic hydroxyl groups excluding tert-OH is 2. The van der Waals surface area contributed by atoms with Crippen LogP contribution in [0.15, 0.2) is 36.5 Å². The fraction of sp³-hybridized carbons (Fsp3) is 0.895. The first-order chi connectivity index (χ1) is 40.5. The number of allylic oxidation sites excluding steroid dienone is 5. The molecule has 0 aliphatic carbocycles. The van der Waals surface area contributed by atoms with Crippen LogP contribution in [0.3, 0.4) is 0 Å². The maximum Gasteiger partial charge on any atom is 0.305 e. The number of carbonyl (C=O) groups is 2. The van der Waals surface area contributed by atoms with Crippen molar-refractivity contribution in [3.63, 3.8) is 0 Å². The van der Waals surface area contributed by atoms with Crippen molar-refractivity contribution in [2.45, 2.75) is 424 Å². The van der Waals surface area contributed by atoms with Gasteiger partial charge in [-0.3, -0.25) is 9.59 Å². The number of aliphatic hydroxyl groups is 2. The van der Waals surface area contributed by atoms with Gasteiger partial charge in [0, 0.05) is 12.8 Å². The quantitative estimate of drug-likeness (QED) is 0.0320. The molecule has 0 aromatic heterocycles. The van der Waals surface area contributed by atoms with Crippen molar-refractivity contribution in [3.05, 3.63) is 36.5 Å². The summed E-state index contributed by atoms with van der Waals surface area (Å²) >= 11 is 0. The molecule has 0 aromatic carbocycles. The molecule has 0 saturated carbocycles. The maximum absolute atomic E-state index is 12.5. The SMILES string of the molecule is CCCCCCCCCCCCCCCC/C=C/C(O)C(CO)NC(=O)CCCCCCCCCCCCCCCCCCC/C=C\C/C=C\CCCCCCCCCCCCCCCOC(=O)CCCCCCCCCCCCCC. The molecule has 0 aromatic rings. The fourth-order valence-electron chi connectivity index (χ4n) is 11.7. The summed E-state index contributed by atoms with van der Waals surface area (Å²) in [5.41, 5.74) is 0. The van der Waals surface area contributed by atoms with Gasteiger partial charge in [-0.25, -0.2) is 0 Å². The lowest BCUT2D eigenvalue weighted by Gasteiger charge is -2.20. The molecular weight excluding hydrogens is 1010 g/mol. The third kappa shape index (κ3) is 67.2. The van der Waals surface area contributed by atoms with Crippen molar-refractivity contribution < 1.29 is 24.5 Å². The van der Waals surface area contributed by atoms with Gasteiger partial charge < -0.3 is 20.3 Å². The molecule has 484 valence electrons. The molecule has 82 heavy (non-hydrogen) atoms.